The highest BCUT2D eigenvalue weighted by molar-refractivity contribution is 5.94. The average molecular weight is 384 g/mol. The number of hydrogen-bond donors (Lipinski definition) is 1. The van der Waals surface area contributed by atoms with Crippen LogP contribution >= 0.6 is 0 Å². The van der Waals surface area contributed by atoms with Crippen LogP contribution in [-0.4, -0.2) is 23.5 Å². The van der Waals surface area contributed by atoms with Crippen molar-refractivity contribution in [1.29, 1.82) is 0 Å². The number of hydrogen-bond acceptors (Lipinski definition) is 6. The largest absolute Gasteiger partial charge is 0.508 e. The number of carbonyl (C=O) groups excluding carboxylic acids is 2. The Morgan fingerprint density at radius 3 is 2.18 bits per heavy atom. The first-order valence-corrected chi connectivity index (χ1v) is 8.72. The van der Waals surface area contributed by atoms with Crippen LogP contribution in [0.2, 0.25) is 0 Å². The number of phenols is 1. The quantitative estimate of drug-likeness (QED) is 0.416. The number of ether oxygens (including phenoxy) is 1. The van der Waals surface area contributed by atoms with Gasteiger partial charge in [-0.15, -0.1) is 0 Å². The monoisotopic (exact) mass is 384 g/mol. The minimum atomic E-state index is -0.440. The molecule has 0 saturated carbocycles. The van der Waals surface area contributed by atoms with E-state index in [2.05, 4.69) is 4.74 Å². The van der Waals surface area contributed by atoms with Crippen molar-refractivity contribution in [3.05, 3.63) is 76.6 Å². The average Bonchev–Trinajstić information content (AvgIpc) is 2.63. The second kappa shape index (κ2) is 12.1. The minimum Gasteiger partial charge on any atom is -0.508 e. The molecule has 0 radical (unpaired) electrons. The number of Topliss-reactive ketones (excluding diaryl/α,β-unsaturated/α-hetero) is 1. The number of benzene rings is 2. The van der Waals surface area contributed by atoms with Crippen molar-refractivity contribution in [2.45, 2.75) is 27.2 Å². The Hall–Kier alpha value is -3.41. The number of ketones is 1. The van der Waals surface area contributed by atoms with E-state index in [0.29, 0.717) is 17.9 Å². The summed E-state index contributed by atoms with van der Waals surface area (Å²) >= 11 is 0. The van der Waals surface area contributed by atoms with E-state index < -0.39 is 5.97 Å². The lowest BCUT2D eigenvalue weighted by Gasteiger charge is -1.97. The Kier molecular flexibility index (Phi) is 9.75. The second-order valence-electron chi connectivity index (χ2n) is 5.76. The molecular formula is C22H24O6. The van der Waals surface area contributed by atoms with Crippen LogP contribution in [0, 0.1) is 6.92 Å². The topological polar surface area (TPSA) is 93.8 Å². The lowest BCUT2D eigenvalue weighted by Crippen LogP contribution is -2.07. The Labute approximate surface area is 163 Å². The highest BCUT2D eigenvalue weighted by atomic mass is 16.5. The van der Waals surface area contributed by atoms with Gasteiger partial charge in [-0.2, -0.15) is 0 Å². The Bertz CT molecular complexity index is 944. The van der Waals surface area contributed by atoms with E-state index in [1.54, 1.807) is 37.3 Å². The zero-order valence-corrected chi connectivity index (χ0v) is 16.2. The molecule has 0 fully saturated rings. The number of para-hydroxylation sites is 2. The van der Waals surface area contributed by atoms with Gasteiger partial charge < -0.3 is 14.3 Å². The third-order valence-corrected chi connectivity index (χ3v) is 3.31. The first kappa shape index (κ1) is 22.6. The number of rotatable bonds is 3. The lowest BCUT2D eigenvalue weighted by atomic mass is 10.1. The molecule has 1 heterocycles. The number of aryl methyl sites for hydroxylation is 1. The van der Waals surface area contributed by atoms with Crippen molar-refractivity contribution < 1.29 is 23.8 Å². The van der Waals surface area contributed by atoms with E-state index in [0.717, 1.165) is 10.9 Å². The SMILES string of the molecule is CCOC(=O)CC(C)=O.Cc1cc(=O)oc2ccccc12.Oc1ccccc1. The van der Waals surface area contributed by atoms with Crippen LogP contribution in [0.1, 0.15) is 25.8 Å². The summed E-state index contributed by atoms with van der Waals surface area (Å²) in [7, 11) is 0. The third kappa shape index (κ3) is 8.80. The zero-order chi connectivity index (χ0) is 20.9. The van der Waals surface area contributed by atoms with Crippen LogP contribution in [0.3, 0.4) is 0 Å². The van der Waals surface area contributed by atoms with Crippen molar-refractivity contribution >= 4 is 22.7 Å². The van der Waals surface area contributed by atoms with E-state index in [9.17, 15) is 14.4 Å². The van der Waals surface area contributed by atoms with Gasteiger partial charge in [-0.3, -0.25) is 9.59 Å². The van der Waals surface area contributed by atoms with Gasteiger partial charge in [-0.1, -0.05) is 36.4 Å². The predicted molar refractivity (Wildman–Crippen MR) is 107 cm³/mol. The Morgan fingerprint density at radius 1 is 1.04 bits per heavy atom. The molecule has 2 aromatic carbocycles. The fourth-order valence-corrected chi connectivity index (χ4v) is 2.12. The Balaban J connectivity index is 0.000000219. The van der Waals surface area contributed by atoms with Gasteiger partial charge in [-0.25, -0.2) is 4.79 Å². The van der Waals surface area contributed by atoms with Gasteiger partial charge in [0.05, 0.1) is 6.61 Å². The number of aromatic hydroxyl groups is 1. The van der Waals surface area contributed by atoms with Crippen LogP contribution in [0.5, 0.6) is 5.75 Å². The van der Waals surface area contributed by atoms with Crippen LogP contribution in [-0.2, 0) is 14.3 Å². The maximum absolute atomic E-state index is 10.9. The predicted octanol–water partition coefficient (Wildman–Crippen LogP) is 4.02. The summed E-state index contributed by atoms with van der Waals surface area (Å²) < 4.78 is 9.48. The highest BCUT2D eigenvalue weighted by Crippen LogP contribution is 2.14. The zero-order valence-electron chi connectivity index (χ0n) is 16.2. The molecule has 148 valence electrons. The summed E-state index contributed by atoms with van der Waals surface area (Å²) in [6.45, 7) is 5.31. The van der Waals surface area contributed by atoms with E-state index in [-0.39, 0.29) is 17.8 Å². The van der Waals surface area contributed by atoms with Crippen molar-refractivity contribution in [2.24, 2.45) is 0 Å². The molecule has 0 unspecified atom stereocenters. The first-order valence-electron chi connectivity index (χ1n) is 8.72. The molecule has 6 nitrogen and oxygen atoms in total. The second-order valence-corrected chi connectivity index (χ2v) is 5.76. The van der Waals surface area contributed by atoms with Gasteiger partial charge in [0.25, 0.3) is 0 Å². The molecule has 3 aromatic rings. The first-order chi connectivity index (χ1) is 13.3. The number of phenolic OH excluding ortho intramolecular Hbond substituents is 1. The van der Waals surface area contributed by atoms with Crippen LogP contribution in [0.25, 0.3) is 11.0 Å². The fraction of sp³-hybridized carbons (Fsp3) is 0.227. The summed E-state index contributed by atoms with van der Waals surface area (Å²) in [6.07, 6.45) is -0.103. The third-order valence-electron chi connectivity index (χ3n) is 3.31. The molecule has 0 aliphatic carbocycles. The summed E-state index contributed by atoms with van der Waals surface area (Å²) in [5, 5.41) is 9.63. The van der Waals surface area contributed by atoms with Gasteiger partial charge in [-0.05, 0) is 44.5 Å². The molecule has 0 saturated heterocycles. The van der Waals surface area contributed by atoms with E-state index in [1.807, 2.05) is 31.2 Å². The highest BCUT2D eigenvalue weighted by Gasteiger charge is 2.03. The van der Waals surface area contributed by atoms with E-state index >= 15 is 0 Å². The van der Waals surface area contributed by atoms with Gasteiger partial charge >= 0.3 is 11.6 Å². The number of carbonyl (C=O) groups is 2. The molecule has 0 amide bonds. The van der Waals surface area contributed by atoms with Crippen molar-refractivity contribution in [1.82, 2.24) is 0 Å². The maximum atomic E-state index is 10.9. The summed E-state index contributed by atoms with van der Waals surface area (Å²) in [5.41, 5.74) is 1.33. The van der Waals surface area contributed by atoms with Gasteiger partial charge in [0.2, 0.25) is 0 Å². The minimum absolute atomic E-state index is 0.103. The standard InChI is InChI=1S/C10H8O2.C6H10O3.C6H6O/c1-7-6-10(11)12-9-5-3-2-4-8(7)9;1-3-9-6(8)4-5(2)7;7-6-4-2-1-3-5-6/h2-6H,1H3;3-4H2,1-2H3;1-5,7H. The summed E-state index contributed by atoms with van der Waals surface area (Å²) in [4.78, 5) is 31.6. The van der Waals surface area contributed by atoms with Crippen molar-refractivity contribution in [2.75, 3.05) is 6.61 Å². The molecule has 1 aromatic heterocycles. The lowest BCUT2D eigenvalue weighted by molar-refractivity contribution is -0.145. The van der Waals surface area contributed by atoms with Crippen molar-refractivity contribution in [3.8, 4) is 5.75 Å². The molecule has 0 spiro atoms. The molecule has 0 atom stereocenters. The molecule has 6 heteroatoms. The molecule has 0 aliphatic rings. The van der Waals surface area contributed by atoms with E-state index in [4.69, 9.17) is 9.52 Å². The van der Waals surface area contributed by atoms with Crippen LogP contribution in [0.4, 0.5) is 0 Å². The molecule has 0 aliphatic heterocycles. The van der Waals surface area contributed by atoms with E-state index in [1.165, 1.54) is 13.0 Å². The molecule has 0 bridgehead atoms. The van der Waals surface area contributed by atoms with Gasteiger partial charge in [0.1, 0.15) is 23.5 Å². The fourth-order valence-electron chi connectivity index (χ4n) is 2.12. The van der Waals surface area contributed by atoms with Crippen molar-refractivity contribution in [3.63, 3.8) is 0 Å². The van der Waals surface area contributed by atoms with Gasteiger partial charge in [0, 0.05) is 11.5 Å². The van der Waals surface area contributed by atoms with Crippen LogP contribution < -0.4 is 5.63 Å². The van der Waals surface area contributed by atoms with Gasteiger partial charge in [0.15, 0.2) is 0 Å². The van der Waals surface area contributed by atoms with Crippen LogP contribution in [0.15, 0.2) is 69.9 Å². The number of fused-ring (bicyclic) bond motifs is 1. The summed E-state index contributed by atoms with van der Waals surface area (Å²) in [5.74, 6) is -0.277. The molecular weight excluding hydrogens is 360 g/mol. The molecule has 28 heavy (non-hydrogen) atoms. The maximum Gasteiger partial charge on any atom is 0.336 e. The summed E-state index contributed by atoms with van der Waals surface area (Å²) in [6, 6.07) is 17.7. The molecule has 1 N–H and O–H groups in total. The normalized spacial score (nSPS) is 9.39. The number of esters is 1. The molecule has 3 rings (SSSR count). The smallest absolute Gasteiger partial charge is 0.336 e. The Morgan fingerprint density at radius 2 is 1.64 bits per heavy atom.